The third-order valence-corrected chi connectivity index (χ3v) is 3.34. The molecular weight excluding hydrogens is 289 g/mol. The molecule has 0 bridgehead atoms. The van der Waals surface area contributed by atoms with Gasteiger partial charge in [-0.3, -0.25) is 9.59 Å². The van der Waals surface area contributed by atoms with Crippen LogP contribution in [0, 0.1) is 5.82 Å². The number of nitrogens with zero attached hydrogens (tertiary/aromatic N) is 1. The summed E-state index contributed by atoms with van der Waals surface area (Å²) in [7, 11) is 1.47. The Labute approximate surface area is 126 Å². The molecule has 1 N–H and O–H groups in total. The SMILES string of the molecule is CN(Cc1ccc(F)c2ccccc12)C(=O)CC(=O)C(=O)O. The molecule has 2 rings (SSSR count). The fourth-order valence-electron chi connectivity index (χ4n) is 2.15. The number of ketones is 1. The molecular formula is C16H14FNO4. The molecule has 0 aliphatic carbocycles. The molecule has 2 aromatic carbocycles. The monoisotopic (exact) mass is 303 g/mol. The normalized spacial score (nSPS) is 10.5. The molecule has 0 saturated heterocycles. The highest BCUT2D eigenvalue weighted by atomic mass is 19.1. The minimum absolute atomic E-state index is 0.159. The summed E-state index contributed by atoms with van der Waals surface area (Å²) in [5.74, 6) is -3.73. The first-order valence-corrected chi connectivity index (χ1v) is 6.56. The highest BCUT2D eigenvalue weighted by Gasteiger charge is 2.20. The zero-order valence-electron chi connectivity index (χ0n) is 11.9. The van der Waals surface area contributed by atoms with Crippen molar-refractivity contribution in [2.45, 2.75) is 13.0 Å². The van der Waals surface area contributed by atoms with E-state index in [-0.39, 0.29) is 12.4 Å². The Balaban J connectivity index is 2.20. The zero-order valence-corrected chi connectivity index (χ0v) is 11.9. The number of rotatable bonds is 5. The maximum atomic E-state index is 13.7. The highest BCUT2D eigenvalue weighted by Crippen LogP contribution is 2.22. The van der Waals surface area contributed by atoms with Crippen LogP contribution in [0.2, 0.25) is 0 Å². The number of hydrogen-bond acceptors (Lipinski definition) is 3. The van der Waals surface area contributed by atoms with Crippen LogP contribution in [0.15, 0.2) is 36.4 Å². The van der Waals surface area contributed by atoms with Crippen LogP contribution in [0.5, 0.6) is 0 Å². The van der Waals surface area contributed by atoms with Gasteiger partial charge < -0.3 is 10.0 Å². The average Bonchev–Trinajstić information content (AvgIpc) is 2.50. The first-order valence-electron chi connectivity index (χ1n) is 6.56. The van der Waals surface area contributed by atoms with E-state index in [1.165, 1.54) is 18.0 Å². The van der Waals surface area contributed by atoms with Gasteiger partial charge in [0, 0.05) is 19.0 Å². The maximum Gasteiger partial charge on any atom is 0.372 e. The third kappa shape index (κ3) is 3.28. The molecule has 0 aromatic heterocycles. The third-order valence-electron chi connectivity index (χ3n) is 3.34. The van der Waals surface area contributed by atoms with Gasteiger partial charge in [0.1, 0.15) is 5.82 Å². The van der Waals surface area contributed by atoms with Crippen molar-refractivity contribution in [3.05, 3.63) is 47.8 Å². The van der Waals surface area contributed by atoms with Crippen LogP contribution >= 0.6 is 0 Å². The second-order valence-electron chi connectivity index (χ2n) is 4.91. The second kappa shape index (κ2) is 6.34. The van der Waals surface area contributed by atoms with Gasteiger partial charge in [-0.1, -0.05) is 30.3 Å². The van der Waals surface area contributed by atoms with Gasteiger partial charge >= 0.3 is 5.97 Å². The molecule has 0 fully saturated rings. The van der Waals surface area contributed by atoms with Crippen molar-refractivity contribution >= 4 is 28.4 Å². The molecule has 0 saturated carbocycles. The summed E-state index contributed by atoms with van der Waals surface area (Å²) in [6, 6.07) is 9.76. The van der Waals surface area contributed by atoms with Crippen LogP contribution in [-0.4, -0.2) is 34.7 Å². The minimum Gasteiger partial charge on any atom is -0.475 e. The lowest BCUT2D eigenvalue weighted by molar-refractivity contribution is -0.151. The fourth-order valence-corrected chi connectivity index (χ4v) is 2.15. The smallest absolute Gasteiger partial charge is 0.372 e. The van der Waals surface area contributed by atoms with Crippen molar-refractivity contribution < 1.29 is 23.9 Å². The molecule has 0 aliphatic heterocycles. The number of benzene rings is 2. The van der Waals surface area contributed by atoms with Crippen LogP contribution < -0.4 is 0 Å². The number of halogens is 1. The largest absolute Gasteiger partial charge is 0.475 e. The molecule has 22 heavy (non-hydrogen) atoms. The highest BCUT2D eigenvalue weighted by molar-refractivity contribution is 6.36. The van der Waals surface area contributed by atoms with Gasteiger partial charge in [0.15, 0.2) is 0 Å². The van der Waals surface area contributed by atoms with E-state index in [1.807, 2.05) is 0 Å². The number of amides is 1. The van der Waals surface area contributed by atoms with E-state index < -0.39 is 24.1 Å². The number of Topliss-reactive ketones (excluding diaryl/α,β-unsaturated/α-hetero) is 1. The van der Waals surface area contributed by atoms with E-state index in [1.54, 1.807) is 30.3 Å². The Morgan fingerprint density at radius 2 is 1.73 bits per heavy atom. The van der Waals surface area contributed by atoms with Gasteiger partial charge in [0.2, 0.25) is 11.7 Å². The lowest BCUT2D eigenvalue weighted by atomic mass is 10.0. The Morgan fingerprint density at radius 1 is 1.09 bits per heavy atom. The molecule has 0 atom stereocenters. The second-order valence-corrected chi connectivity index (χ2v) is 4.91. The molecule has 6 heteroatoms. The van der Waals surface area contributed by atoms with Crippen molar-refractivity contribution in [3.8, 4) is 0 Å². The Morgan fingerprint density at radius 3 is 2.36 bits per heavy atom. The number of carboxylic acid groups (broad SMARTS) is 1. The van der Waals surface area contributed by atoms with Gasteiger partial charge in [0.05, 0.1) is 6.42 Å². The standard InChI is InChI=1S/C16H14FNO4/c1-18(15(20)8-14(19)16(21)22)9-10-6-7-13(17)12-5-3-2-4-11(10)12/h2-7H,8-9H2,1H3,(H,21,22). The van der Waals surface area contributed by atoms with Crippen molar-refractivity contribution in [1.29, 1.82) is 0 Å². The summed E-state index contributed by atoms with van der Waals surface area (Å²) in [4.78, 5) is 34.6. The minimum atomic E-state index is -1.63. The first-order chi connectivity index (χ1) is 10.4. The molecule has 0 heterocycles. The van der Waals surface area contributed by atoms with E-state index in [9.17, 15) is 18.8 Å². The molecule has 0 radical (unpaired) electrons. The fraction of sp³-hybridized carbons (Fsp3) is 0.188. The van der Waals surface area contributed by atoms with Crippen molar-refractivity contribution in [3.63, 3.8) is 0 Å². The van der Waals surface area contributed by atoms with Gasteiger partial charge in [-0.2, -0.15) is 0 Å². The number of carboxylic acids is 1. The summed E-state index contributed by atoms with van der Waals surface area (Å²) in [5.41, 5.74) is 0.718. The summed E-state index contributed by atoms with van der Waals surface area (Å²) >= 11 is 0. The molecule has 0 aliphatic rings. The van der Waals surface area contributed by atoms with Gasteiger partial charge in [-0.15, -0.1) is 0 Å². The van der Waals surface area contributed by atoms with Crippen molar-refractivity contribution in [2.24, 2.45) is 0 Å². The van der Waals surface area contributed by atoms with E-state index >= 15 is 0 Å². The van der Waals surface area contributed by atoms with Crippen LogP contribution in [0.4, 0.5) is 4.39 Å². The summed E-state index contributed by atoms with van der Waals surface area (Å²) < 4.78 is 13.7. The number of fused-ring (bicyclic) bond motifs is 1. The quantitative estimate of drug-likeness (QED) is 0.677. The number of carbonyl (C=O) groups excluding carboxylic acids is 2. The molecule has 2 aromatic rings. The van der Waals surface area contributed by atoms with E-state index in [0.29, 0.717) is 10.8 Å². The molecule has 5 nitrogen and oxygen atoms in total. The van der Waals surface area contributed by atoms with Crippen molar-refractivity contribution in [1.82, 2.24) is 4.90 Å². The van der Waals surface area contributed by atoms with Crippen LogP contribution in [-0.2, 0) is 20.9 Å². The lowest BCUT2D eigenvalue weighted by Crippen LogP contribution is -2.30. The predicted octanol–water partition coefficient (Wildman–Crippen LogP) is 1.98. The Bertz CT molecular complexity index is 757. The Hall–Kier alpha value is -2.76. The molecule has 0 unspecified atom stereocenters. The topological polar surface area (TPSA) is 74.7 Å². The van der Waals surface area contributed by atoms with Crippen LogP contribution in [0.1, 0.15) is 12.0 Å². The van der Waals surface area contributed by atoms with E-state index in [0.717, 1.165) is 5.56 Å². The maximum absolute atomic E-state index is 13.7. The number of carbonyl (C=O) groups is 3. The van der Waals surface area contributed by atoms with Crippen LogP contribution in [0.25, 0.3) is 10.8 Å². The van der Waals surface area contributed by atoms with E-state index in [4.69, 9.17) is 5.11 Å². The molecule has 0 spiro atoms. The van der Waals surface area contributed by atoms with Gasteiger partial charge in [-0.25, -0.2) is 9.18 Å². The zero-order chi connectivity index (χ0) is 16.3. The number of hydrogen-bond donors (Lipinski definition) is 1. The van der Waals surface area contributed by atoms with Gasteiger partial charge in [-0.05, 0) is 17.0 Å². The summed E-state index contributed by atoms with van der Waals surface area (Å²) in [6.07, 6.45) is -0.690. The first kappa shape index (κ1) is 15.6. The summed E-state index contributed by atoms with van der Waals surface area (Å²) in [6.45, 7) is 0.159. The lowest BCUT2D eigenvalue weighted by Gasteiger charge is -2.18. The van der Waals surface area contributed by atoms with Crippen molar-refractivity contribution in [2.75, 3.05) is 7.05 Å². The Kier molecular flexibility index (Phi) is 4.50. The predicted molar refractivity (Wildman–Crippen MR) is 77.6 cm³/mol. The molecule has 114 valence electrons. The summed E-state index contributed by atoms with van der Waals surface area (Å²) in [5, 5.41) is 9.63. The average molecular weight is 303 g/mol. The van der Waals surface area contributed by atoms with E-state index in [2.05, 4.69) is 0 Å². The van der Waals surface area contributed by atoms with Gasteiger partial charge in [0.25, 0.3) is 0 Å². The molecule has 1 amide bonds. The van der Waals surface area contributed by atoms with Crippen LogP contribution in [0.3, 0.4) is 0 Å². The number of aliphatic carboxylic acids is 1.